The molecule has 0 saturated carbocycles. The van der Waals surface area contributed by atoms with Crippen molar-refractivity contribution in [2.24, 2.45) is 10.7 Å². The van der Waals surface area contributed by atoms with Crippen LogP contribution in [0.4, 0.5) is 16.2 Å². The number of ether oxygens (including phenoxy) is 1. The van der Waals surface area contributed by atoms with Crippen LogP contribution in [0, 0.1) is 0 Å². The minimum absolute atomic E-state index is 0.191. The molecule has 13 nitrogen and oxygen atoms in total. The van der Waals surface area contributed by atoms with Crippen LogP contribution in [0.1, 0.15) is 21.6 Å². The number of nitrogens with one attached hydrogen (secondary N) is 3. The largest absolute Gasteiger partial charge is 0.378 e. The first-order chi connectivity index (χ1) is 18.1. The number of morpholine rings is 1. The van der Waals surface area contributed by atoms with E-state index >= 15 is 0 Å². The number of nitrogens with two attached hydrogens (primary N) is 1. The Bertz CT molecular complexity index is 1560. The predicted molar refractivity (Wildman–Crippen MR) is 135 cm³/mol. The Morgan fingerprint density at radius 1 is 1.03 bits per heavy atom. The molecule has 13 heteroatoms. The number of hydrogen-bond acceptors (Lipinski definition) is 9. The van der Waals surface area contributed by atoms with Gasteiger partial charge in [-0.3, -0.25) is 24.9 Å². The number of anilines is 2. The fourth-order valence-electron chi connectivity index (χ4n) is 4.32. The number of aromatic nitrogens is 5. The number of fused-ring (bicyclic) bond motifs is 2. The molecular formula is C24H22N10O3. The fraction of sp³-hybridized carbons (Fsp3) is 0.208. The van der Waals surface area contributed by atoms with E-state index in [-0.39, 0.29) is 12.6 Å². The average molecular weight is 499 g/mol. The van der Waals surface area contributed by atoms with Gasteiger partial charge in [0.25, 0.3) is 5.91 Å². The maximum atomic E-state index is 12.6. The van der Waals surface area contributed by atoms with Crippen LogP contribution in [0.5, 0.6) is 0 Å². The highest BCUT2D eigenvalue weighted by Crippen LogP contribution is 2.28. The summed E-state index contributed by atoms with van der Waals surface area (Å²) in [4.78, 5) is 43.5. The van der Waals surface area contributed by atoms with Crippen LogP contribution in [0.15, 0.2) is 48.1 Å². The van der Waals surface area contributed by atoms with Crippen molar-refractivity contribution in [3.63, 3.8) is 0 Å². The van der Waals surface area contributed by atoms with Crippen molar-refractivity contribution in [3.05, 3.63) is 59.9 Å². The molecule has 1 fully saturated rings. The van der Waals surface area contributed by atoms with Crippen LogP contribution < -0.4 is 16.4 Å². The first kappa shape index (κ1) is 22.5. The maximum absolute atomic E-state index is 12.6. The molecule has 0 atom stereocenters. The lowest BCUT2D eigenvalue weighted by Crippen LogP contribution is -2.43. The number of carbonyl (C=O) groups excluding carboxylic acids is 2. The molecule has 186 valence electrons. The Balaban J connectivity index is 1.28. The number of carbonyl (C=O) groups is 2. The molecule has 0 unspecified atom stereocenters. The summed E-state index contributed by atoms with van der Waals surface area (Å²) in [5.74, 6) is -0.00960. The van der Waals surface area contributed by atoms with Gasteiger partial charge in [-0.1, -0.05) is 0 Å². The lowest BCUT2D eigenvalue weighted by molar-refractivity contribution is 0.0564. The standard InChI is InChI=1S/C24H22N10O3/c25-21(35)18-10-27-12-19-17(18)11-29-23(31-19)20-16-6-14(8-28-22(16)33-32-20)13-5-15(9-26-7-13)30-24(36)34-1-3-37-4-2-34/h5-10,12H,1-4,11H2,(H2,25,35)(H,29,31)(H,30,36)(H,28,32,33). The summed E-state index contributed by atoms with van der Waals surface area (Å²) in [6, 6.07) is 3.59. The van der Waals surface area contributed by atoms with E-state index in [2.05, 4.69) is 40.8 Å². The van der Waals surface area contributed by atoms with E-state index < -0.39 is 5.91 Å². The smallest absolute Gasteiger partial charge is 0.322 e. The summed E-state index contributed by atoms with van der Waals surface area (Å²) in [5.41, 5.74) is 10.5. The summed E-state index contributed by atoms with van der Waals surface area (Å²) < 4.78 is 5.31. The third kappa shape index (κ3) is 4.31. The van der Waals surface area contributed by atoms with E-state index in [1.807, 2.05) is 12.1 Å². The van der Waals surface area contributed by atoms with Gasteiger partial charge in [-0.2, -0.15) is 5.10 Å². The van der Waals surface area contributed by atoms with Gasteiger partial charge < -0.3 is 26.0 Å². The van der Waals surface area contributed by atoms with Gasteiger partial charge in [-0.05, 0) is 12.1 Å². The zero-order valence-corrected chi connectivity index (χ0v) is 19.6. The van der Waals surface area contributed by atoms with Crippen LogP contribution in [0.3, 0.4) is 0 Å². The molecule has 1 saturated heterocycles. The second-order valence-corrected chi connectivity index (χ2v) is 8.55. The van der Waals surface area contributed by atoms with Crippen molar-refractivity contribution in [1.82, 2.24) is 30.0 Å². The van der Waals surface area contributed by atoms with Gasteiger partial charge >= 0.3 is 6.03 Å². The highest BCUT2D eigenvalue weighted by molar-refractivity contribution is 6.15. The van der Waals surface area contributed by atoms with Crippen LogP contribution in [0.25, 0.3) is 22.2 Å². The van der Waals surface area contributed by atoms with Gasteiger partial charge in [0.15, 0.2) is 11.5 Å². The number of amides is 3. The van der Waals surface area contributed by atoms with Crippen molar-refractivity contribution in [1.29, 1.82) is 0 Å². The van der Waals surface area contributed by atoms with E-state index in [0.29, 0.717) is 66.0 Å². The van der Waals surface area contributed by atoms with Crippen LogP contribution in [-0.4, -0.2) is 74.1 Å². The number of nitrogens with zero attached hydrogens (tertiary/aromatic N) is 6. The summed E-state index contributed by atoms with van der Waals surface area (Å²) in [6.07, 6.45) is 8.07. The molecule has 0 radical (unpaired) electrons. The molecule has 0 aromatic carbocycles. The highest BCUT2D eigenvalue weighted by atomic mass is 16.5. The Kier molecular flexibility index (Phi) is 5.65. The number of pyridine rings is 3. The van der Waals surface area contributed by atoms with Crippen molar-refractivity contribution in [2.75, 3.05) is 36.9 Å². The van der Waals surface area contributed by atoms with Crippen molar-refractivity contribution >= 4 is 40.2 Å². The lowest BCUT2D eigenvalue weighted by Gasteiger charge is -2.26. The van der Waals surface area contributed by atoms with Crippen molar-refractivity contribution < 1.29 is 14.3 Å². The predicted octanol–water partition coefficient (Wildman–Crippen LogP) is 1.75. The van der Waals surface area contributed by atoms with Gasteiger partial charge in [-0.25, -0.2) is 9.78 Å². The van der Waals surface area contributed by atoms with Gasteiger partial charge in [0.05, 0.1) is 54.5 Å². The fourth-order valence-corrected chi connectivity index (χ4v) is 4.32. The van der Waals surface area contributed by atoms with Gasteiger partial charge in [0.1, 0.15) is 5.69 Å². The van der Waals surface area contributed by atoms with E-state index in [4.69, 9.17) is 10.5 Å². The summed E-state index contributed by atoms with van der Waals surface area (Å²) >= 11 is 0. The van der Waals surface area contributed by atoms with Gasteiger partial charge in [0, 0.05) is 48.4 Å². The van der Waals surface area contributed by atoms with Crippen molar-refractivity contribution in [3.8, 4) is 11.1 Å². The maximum Gasteiger partial charge on any atom is 0.322 e. The Morgan fingerprint density at radius 2 is 1.84 bits per heavy atom. The Labute approximate surface area is 210 Å². The molecule has 0 aliphatic carbocycles. The molecule has 4 aromatic heterocycles. The van der Waals surface area contributed by atoms with Gasteiger partial charge in [0.2, 0.25) is 0 Å². The molecule has 0 spiro atoms. The molecule has 3 amide bonds. The number of hydrogen-bond donors (Lipinski definition) is 4. The number of amidine groups is 1. The molecule has 6 rings (SSSR count). The third-order valence-corrected chi connectivity index (χ3v) is 6.24. The van der Waals surface area contributed by atoms with Crippen LogP contribution >= 0.6 is 0 Å². The summed E-state index contributed by atoms with van der Waals surface area (Å²) in [5, 5.41) is 14.2. The van der Waals surface area contributed by atoms with Crippen LogP contribution in [-0.2, 0) is 11.3 Å². The summed E-state index contributed by atoms with van der Waals surface area (Å²) in [6.45, 7) is 2.41. The molecule has 2 aliphatic heterocycles. The Hall–Kier alpha value is -4.91. The number of H-pyrrole nitrogens is 1. The summed E-state index contributed by atoms with van der Waals surface area (Å²) in [7, 11) is 0. The first-order valence-electron chi connectivity index (χ1n) is 11.6. The zero-order valence-electron chi connectivity index (χ0n) is 19.6. The minimum atomic E-state index is -0.553. The SMILES string of the molecule is NC(=O)c1cncc2c1CN=C(c1[nH]nc3ncc(-c4cncc(NC(=O)N5CCOCC5)c4)cc13)N2. The second-order valence-electron chi connectivity index (χ2n) is 8.55. The molecule has 6 heterocycles. The minimum Gasteiger partial charge on any atom is -0.378 e. The molecule has 2 aliphatic rings. The monoisotopic (exact) mass is 498 g/mol. The first-order valence-corrected chi connectivity index (χ1v) is 11.6. The number of aliphatic imine (C=N–C) groups is 1. The third-order valence-electron chi connectivity index (χ3n) is 6.24. The van der Waals surface area contributed by atoms with Crippen LogP contribution in [0.2, 0.25) is 0 Å². The lowest BCUT2D eigenvalue weighted by atomic mass is 10.1. The number of primary amides is 1. The molecule has 5 N–H and O–H groups in total. The van der Waals surface area contributed by atoms with E-state index in [1.54, 1.807) is 29.7 Å². The van der Waals surface area contributed by atoms with E-state index in [0.717, 1.165) is 16.5 Å². The number of aromatic amines is 1. The topological polar surface area (TPSA) is 176 Å². The quantitative estimate of drug-likeness (QED) is 0.329. The van der Waals surface area contributed by atoms with Crippen molar-refractivity contribution in [2.45, 2.75) is 6.54 Å². The molecule has 0 bridgehead atoms. The second kappa shape index (κ2) is 9.28. The van der Waals surface area contributed by atoms with Gasteiger partial charge in [-0.15, -0.1) is 0 Å². The molecular weight excluding hydrogens is 476 g/mol. The normalized spacial score (nSPS) is 15.0. The zero-order chi connectivity index (χ0) is 25.4. The average Bonchev–Trinajstić information content (AvgIpc) is 3.36. The van der Waals surface area contributed by atoms with E-state index in [1.165, 1.54) is 6.20 Å². The molecule has 37 heavy (non-hydrogen) atoms. The molecule has 4 aromatic rings. The van der Waals surface area contributed by atoms with E-state index in [9.17, 15) is 9.59 Å². The number of urea groups is 1. The number of rotatable bonds is 4. The Morgan fingerprint density at radius 3 is 2.68 bits per heavy atom. The highest BCUT2D eigenvalue weighted by Gasteiger charge is 2.22.